The van der Waals surface area contributed by atoms with Gasteiger partial charge in [0.15, 0.2) is 0 Å². The molecule has 2 amide bonds. The average Bonchev–Trinajstić information content (AvgIpc) is 2.65. The highest BCUT2D eigenvalue weighted by Gasteiger charge is 2.38. The molecule has 4 rings (SSSR count). The molecule has 2 aliphatic heterocycles. The van der Waals surface area contributed by atoms with Crippen LogP contribution in [0.3, 0.4) is 0 Å². The fourth-order valence-electron chi connectivity index (χ4n) is 4.55. The van der Waals surface area contributed by atoms with Gasteiger partial charge < -0.3 is 20.7 Å². The minimum absolute atomic E-state index is 0.0317. The molecule has 27 heavy (non-hydrogen) atoms. The Morgan fingerprint density at radius 1 is 1.22 bits per heavy atom. The standard InChI is InChI=1S/C20H26ClN3O3/c1-27-18-8-11-2-5-19(25)23-16(11)9-17(18)22-10-13-6-12-7-14(21)3-4-15(12)24-20(13)26/h8-9,12-15,22H,2-7,10H2,1H3,(H,23,25)(H,24,26). The van der Waals surface area contributed by atoms with E-state index in [1.165, 1.54) is 0 Å². The van der Waals surface area contributed by atoms with Crippen molar-refractivity contribution in [2.24, 2.45) is 11.8 Å². The Morgan fingerprint density at radius 2 is 2.07 bits per heavy atom. The molecule has 0 radical (unpaired) electrons. The highest BCUT2D eigenvalue weighted by atomic mass is 35.5. The van der Waals surface area contributed by atoms with E-state index in [-0.39, 0.29) is 29.2 Å². The minimum Gasteiger partial charge on any atom is -0.495 e. The summed E-state index contributed by atoms with van der Waals surface area (Å²) >= 11 is 6.33. The highest BCUT2D eigenvalue weighted by Crippen LogP contribution is 2.37. The number of piperidine rings is 1. The maximum Gasteiger partial charge on any atom is 0.225 e. The second-order valence-electron chi connectivity index (χ2n) is 7.86. The summed E-state index contributed by atoms with van der Waals surface area (Å²) in [4.78, 5) is 24.2. The zero-order chi connectivity index (χ0) is 19.0. The van der Waals surface area contributed by atoms with Crippen LogP contribution in [0.15, 0.2) is 12.1 Å². The third kappa shape index (κ3) is 3.86. The summed E-state index contributed by atoms with van der Waals surface area (Å²) in [5.41, 5.74) is 2.69. The molecule has 6 nitrogen and oxygen atoms in total. The number of nitrogens with one attached hydrogen (secondary N) is 3. The Bertz CT molecular complexity index is 754. The highest BCUT2D eigenvalue weighted by molar-refractivity contribution is 6.20. The monoisotopic (exact) mass is 391 g/mol. The van der Waals surface area contributed by atoms with Gasteiger partial charge in [0.25, 0.3) is 0 Å². The van der Waals surface area contributed by atoms with Crippen LogP contribution in [0.2, 0.25) is 0 Å². The Kier molecular flexibility index (Phi) is 5.17. The number of alkyl halides is 1. The van der Waals surface area contributed by atoms with Crippen molar-refractivity contribution < 1.29 is 14.3 Å². The van der Waals surface area contributed by atoms with Gasteiger partial charge in [0, 0.05) is 30.1 Å². The summed E-state index contributed by atoms with van der Waals surface area (Å²) in [6.45, 7) is 0.533. The van der Waals surface area contributed by atoms with Gasteiger partial charge in [0.2, 0.25) is 11.8 Å². The molecule has 1 aromatic carbocycles. The number of hydrogen-bond acceptors (Lipinski definition) is 4. The quantitative estimate of drug-likeness (QED) is 0.689. The fraction of sp³-hybridized carbons (Fsp3) is 0.600. The maximum absolute atomic E-state index is 12.5. The van der Waals surface area contributed by atoms with Gasteiger partial charge in [0.05, 0.1) is 18.7 Å². The van der Waals surface area contributed by atoms with Gasteiger partial charge in [-0.15, -0.1) is 11.6 Å². The van der Waals surface area contributed by atoms with E-state index in [4.69, 9.17) is 16.3 Å². The van der Waals surface area contributed by atoms with Crippen molar-refractivity contribution in [1.29, 1.82) is 0 Å². The largest absolute Gasteiger partial charge is 0.495 e. The van der Waals surface area contributed by atoms with Gasteiger partial charge in [0.1, 0.15) is 5.75 Å². The molecule has 7 heteroatoms. The van der Waals surface area contributed by atoms with E-state index in [2.05, 4.69) is 16.0 Å². The molecule has 3 aliphatic rings. The molecule has 1 saturated heterocycles. The summed E-state index contributed by atoms with van der Waals surface area (Å²) in [6, 6.07) is 4.15. The fourth-order valence-corrected chi connectivity index (χ4v) is 4.91. The van der Waals surface area contributed by atoms with Crippen LogP contribution in [0.1, 0.15) is 37.7 Å². The Hall–Kier alpha value is -1.95. The van der Waals surface area contributed by atoms with E-state index in [1.807, 2.05) is 12.1 Å². The lowest BCUT2D eigenvalue weighted by Gasteiger charge is -2.41. The number of rotatable bonds is 4. The van der Waals surface area contributed by atoms with Gasteiger partial charge in [-0.05, 0) is 55.7 Å². The molecular weight excluding hydrogens is 366 g/mol. The molecule has 1 saturated carbocycles. The number of carbonyl (C=O) groups is 2. The molecule has 2 fully saturated rings. The van der Waals surface area contributed by atoms with Crippen LogP contribution in [0.4, 0.5) is 11.4 Å². The van der Waals surface area contributed by atoms with E-state index in [9.17, 15) is 9.59 Å². The van der Waals surface area contributed by atoms with E-state index in [0.717, 1.165) is 48.4 Å². The van der Waals surface area contributed by atoms with Crippen molar-refractivity contribution in [2.75, 3.05) is 24.3 Å². The van der Waals surface area contributed by atoms with Crippen LogP contribution in [0, 0.1) is 11.8 Å². The third-order valence-electron chi connectivity index (χ3n) is 6.06. The zero-order valence-corrected chi connectivity index (χ0v) is 16.3. The normalized spacial score (nSPS) is 29.9. The third-order valence-corrected chi connectivity index (χ3v) is 6.46. The van der Waals surface area contributed by atoms with Crippen LogP contribution in [-0.2, 0) is 16.0 Å². The first-order valence-electron chi connectivity index (χ1n) is 9.72. The number of carbonyl (C=O) groups excluding carboxylic acids is 2. The van der Waals surface area contributed by atoms with Crippen LogP contribution in [-0.4, -0.2) is 36.9 Å². The summed E-state index contributed by atoms with van der Waals surface area (Å²) in [7, 11) is 1.63. The van der Waals surface area contributed by atoms with Crippen molar-refractivity contribution in [3.8, 4) is 5.75 Å². The Balaban J connectivity index is 1.45. The second kappa shape index (κ2) is 7.58. The summed E-state index contributed by atoms with van der Waals surface area (Å²) in [6.07, 6.45) is 4.99. The molecule has 4 unspecified atom stereocenters. The zero-order valence-electron chi connectivity index (χ0n) is 15.5. The molecule has 146 valence electrons. The van der Waals surface area contributed by atoms with E-state index in [1.54, 1.807) is 7.11 Å². The predicted molar refractivity (Wildman–Crippen MR) is 105 cm³/mol. The first-order chi connectivity index (χ1) is 13.0. The molecule has 4 atom stereocenters. The van der Waals surface area contributed by atoms with Gasteiger partial charge in [-0.3, -0.25) is 9.59 Å². The van der Waals surface area contributed by atoms with Crippen molar-refractivity contribution in [3.63, 3.8) is 0 Å². The summed E-state index contributed by atoms with van der Waals surface area (Å²) in [5, 5.41) is 9.68. The molecule has 1 aromatic rings. The van der Waals surface area contributed by atoms with Crippen LogP contribution in [0.25, 0.3) is 0 Å². The van der Waals surface area contributed by atoms with Gasteiger partial charge in [-0.1, -0.05) is 0 Å². The number of ether oxygens (including phenoxy) is 1. The van der Waals surface area contributed by atoms with E-state index in [0.29, 0.717) is 25.3 Å². The lowest BCUT2D eigenvalue weighted by Crippen LogP contribution is -2.53. The molecule has 0 bridgehead atoms. The van der Waals surface area contributed by atoms with Gasteiger partial charge in [-0.25, -0.2) is 0 Å². The first kappa shape index (κ1) is 18.4. The Morgan fingerprint density at radius 3 is 2.89 bits per heavy atom. The first-order valence-corrected chi connectivity index (χ1v) is 10.2. The number of methoxy groups -OCH3 is 1. The molecule has 1 aliphatic carbocycles. The summed E-state index contributed by atoms with van der Waals surface area (Å²) < 4.78 is 5.51. The second-order valence-corrected chi connectivity index (χ2v) is 8.47. The topological polar surface area (TPSA) is 79.5 Å². The van der Waals surface area contributed by atoms with E-state index >= 15 is 0 Å². The maximum atomic E-state index is 12.5. The molecular formula is C20H26ClN3O3. The van der Waals surface area contributed by atoms with Crippen LogP contribution < -0.4 is 20.7 Å². The molecule has 0 spiro atoms. The molecule has 2 heterocycles. The summed E-state index contributed by atoms with van der Waals surface area (Å²) in [5.74, 6) is 1.24. The van der Waals surface area contributed by atoms with E-state index < -0.39 is 0 Å². The lowest BCUT2D eigenvalue weighted by molar-refractivity contribution is -0.129. The minimum atomic E-state index is -0.0939. The number of benzene rings is 1. The van der Waals surface area contributed by atoms with Crippen molar-refractivity contribution >= 4 is 34.8 Å². The predicted octanol–water partition coefficient (Wildman–Crippen LogP) is 2.90. The number of hydrogen-bond donors (Lipinski definition) is 3. The van der Waals surface area contributed by atoms with Crippen molar-refractivity contribution in [1.82, 2.24) is 5.32 Å². The number of anilines is 2. The number of amides is 2. The number of halogens is 1. The number of fused-ring (bicyclic) bond motifs is 2. The molecule has 0 aromatic heterocycles. The van der Waals surface area contributed by atoms with Gasteiger partial charge in [-0.2, -0.15) is 0 Å². The lowest BCUT2D eigenvalue weighted by atomic mass is 9.75. The Labute approximate surface area is 164 Å². The van der Waals surface area contributed by atoms with Crippen LogP contribution in [0.5, 0.6) is 5.75 Å². The smallest absolute Gasteiger partial charge is 0.225 e. The van der Waals surface area contributed by atoms with Crippen LogP contribution >= 0.6 is 11.6 Å². The molecule has 3 N–H and O–H groups in total. The van der Waals surface area contributed by atoms with Crippen molar-refractivity contribution in [3.05, 3.63) is 17.7 Å². The van der Waals surface area contributed by atoms with Gasteiger partial charge >= 0.3 is 0 Å². The van der Waals surface area contributed by atoms with Crippen molar-refractivity contribution in [2.45, 2.75) is 49.9 Å². The SMILES string of the molecule is COc1cc2c(cc1NCC1CC3CC(Cl)CCC3NC1=O)NC(=O)CC2. The average molecular weight is 392 g/mol. The number of aryl methyl sites for hydroxylation is 1.